The zero-order valence-corrected chi connectivity index (χ0v) is 16.0. The number of amides is 1. The summed E-state index contributed by atoms with van der Waals surface area (Å²) in [5, 5.41) is 2.60. The van der Waals surface area contributed by atoms with Crippen LogP contribution in [0.5, 0.6) is 0 Å². The molecule has 1 amide bonds. The predicted octanol–water partition coefficient (Wildman–Crippen LogP) is 4.59. The van der Waals surface area contributed by atoms with Crippen LogP contribution in [0.2, 0.25) is 5.02 Å². The molecule has 2 aromatic rings. The fraction of sp³-hybridized carbons (Fsp3) is 0.263. The van der Waals surface area contributed by atoms with Crippen LogP contribution in [-0.2, 0) is 20.1 Å². The Bertz CT molecular complexity index is 783. The van der Waals surface area contributed by atoms with Crippen LogP contribution in [-0.4, -0.2) is 23.7 Å². The molecule has 0 spiro atoms. The number of anilines is 1. The van der Waals surface area contributed by atoms with Crippen LogP contribution in [0.15, 0.2) is 42.5 Å². The van der Waals surface area contributed by atoms with Crippen LogP contribution in [0, 0.1) is 12.7 Å². The Balaban J connectivity index is 1.76. The minimum atomic E-state index is -1.03. The Hall–Kier alpha value is -2.05. The summed E-state index contributed by atoms with van der Waals surface area (Å²) < 4.78 is 18.8. The summed E-state index contributed by atoms with van der Waals surface area (Å²) in [5.41, 5.74) is 2.27. The lowest BCUT2D eigenvalue weighted by atomic mass is 10.2. The van der Waals surface area contributed by atoms with Crippen molar-refractivity contribution in [2.75, 3.05) is 11.1 Å². The number of nitrogens with one attached hydrogen (secondary N) is 1. The molecule has 1 N–H and O–H groups in total. The second kappa shape index (κ2) is 9.59. The van der Waals surface area contributed by atoms with Gasteiger partial charge in [0, 0.05) is 10.8 Å². The SMILES string of the molecule is Cc1ccc(CSCC(=O)O[C@@H](C)C(=O)Nc2ccc(Cl)cc2F)cc1. The van der Waals surface area contributed by atoms with Gasteiger partial charge in [-0.05, 0) is 37.6 Å². The number of carbonyl (C=O) groups excluding carboxylic acids is 2. The Morgan fingerprint density at radius 2 is 1.92 bits per heavy atom. The third kappa shape index (κ3) is 6.35. The van der Waals surface area contributed by atoms with Gasteiger partial charge in [-0.1, -0.05) is 41.4 Å². The van der Waals surface area contributed by atoms with Crippen LogP contribution < -0.4 is 5.32 Å². The summed E-state index contributed by atoms with van der Waals surface area (Å²) in [6.07, 6.45) is -1.03. The molecule has 0 saturated heterocycles. The van der Waals surface area contributed by atoms with Crippen molar-refractivity contribution in [2.24, 2.45) is 0 Å². The highest BCUT2D eigenvalue weighted by molar-refractivity contribution is 7.99. The molecule has 0 aliphatic heterocycles. The van der Waals surface area contributed by atoms with Crippen LogP contribution in [0.4, 0.5) is 10.1 Å². The maximum Gasteiger partial charge on any atom is 0.316 e. The van der Waals surface area contributed by atoms with E-state index in [9.17, 15) is 14.0 Å². The maximum atomic E-state index is 13.7. The van der Waals surface area contributed by atoms with Crippen LogP contribution >= 0.6 is 23.4 Å². The maximum absolute atomic E-state index is 13.7. The summed E-state index contributed by atoms with van der Waals surface area (Å²) in [4.78, 5) is 23.9. The molecule has 0 radical (unpaired) electrons. The van der Waals surface area contributed by atoms with Crippen molar-refractivity contribution in [3.05, 3.63) is 64.4 Å². The van der Waals surface area contributed by atoms with Crippen molar-refractivity contribution in [3.63, 3.8) is 0 Å². The number of ether oxygens (including phenoxy) is 1. The van der Waals surface area contributed by atoms with Gasteiger partial charge in [-0.3, -0.25) is 9.59 Å². The first-order valence-corrected chi connectivity index (χ1v) is 9.47. The summed E-state index contributed by atoms with van der Waals surface area (Å²) in [6, 6.07) is 11.9. The molecule has 7 heteroatoms. The van der Waals surface area contributed by atoms with Crippen LogP contribution in [0.25, 0.3) is 0 Å². The lowest BCUT2D eigenvalue weighted by Crippen LogP contribution is -2.30. The van der Waals surface area contributed by atoms with Crippen molar-refractivity contribution < 1.29 is 18.7 Å². The molecular formula is C19H19ClFNO3S. The summed E-state index contributed by atoms with van der Waals surface area (Å²) in [7, 11) is 0. The van der Waals surface area contributed by atoms with Gasteiger partial charge in [0.2, 0.25) is 0 Å². The van der Waals surface area contributed by atoms with Crippen molar-refractivity contribution in [1.29, 1.82) is 0 Å². The number of benzene rings is 2. The first kappa shape index (κ1) is 20.3. The average Bonchev–Trinajstić information content (AvgIpc) is 2.59. The molecule has 0 aliphatic rings. The standard InChI is InChI=1S/C19H19ClFNO3S/c1-12-3-5-14(6-4-12)10-26-11-18(23)25-13(2)19(24)22-17-8-7-15(20)9-16(17)21/h3-9,13H,10-11H2,1-2H3,(H,22,24)/t13-/m0/s1. The topological polar surface area (TPSA) is 55.4 Å². The fourth-order valence-electron chi connectivity index (χ4n) is 2.05. The van der Waals surface area contributed by atoms with Crippen LogP contribution in [0.1, 0.15) is 18.1 Å². The number of carbonyl (C=O) groups is 2. The van der Waals surface area contributed by atoms with E-state index >= 15 is 0 Å². The molecule has 0 fully saturated rings. The molecule has 4 nitrogen and oxygen atoms in total. The van der Waals surface area contributed by atoms with Gasteiger partial charge in [-0.25, -0.2) is 4.39 Å². The smallest absolute Gasteiger partial charge is 0.316 e. The van der Waals surface area contributed by atoms with Gasteiger partial charge >= 0.3 is 5.97 Å². The van der Waals surface area contributed by atoms with Crippen molar-refractivity contribution in [3.8, 4) is 0 Å². The third-order valence-corrected chi connectivity index (χ3v) is 4.69. The first-order chi connectivity index (χ1) is 12.3. The Kier molecular flexibility index (Phi) is 7.48. The van der Waals surface area contributed by atoms with Crippen LogP contribution in [0.3, 0.4) is 0 Å². The molecule has 26 heavy (non-hydrogen) atoms. The van der Waals surface area contributed by atoms with Crippen molar-refractivity contribution >= 4 is 40.9 Å². The molecule has 0 aliphatic carbocycles. The highest BCUT2D eigenvalue weighted by Crippen LogP contribution is 2.19. The van der Waals surface area contributed by atoms with E-state index in [4.69, 9.17) is 16.3 Å². The van der Waals surface area contributed by atoms with Gasteiger partial charge in [0.25, 0.3) is 5.91 Å². The third-order valence-electron chi connectivity index (χ3n) is 3.48. The van der Waals surface area contributed by atoms with E-state index in [1.54, 1.807) is 0 Å². The van der Waals surface area contributed by atoms with Gasteiger partial charge in [0.15, 0.2) is 6.10 Å². The average molecular weight is 396 g/mol. The highest BCUT2D eigenvalue weighted by atomic mass is 35.5. The lowest BCUT2D eigenvalue weighted by Gasteiger charge is -2.14. The lowest BCUT2D eigenvalue weighted by molar-refractivity contribution is -0.150. The second-order valence-electron chi connectivity index (χ2n) is 5.72. The Labute approximate surface area is 161 Å². The van der Waals surface area contributed by atoms with E-state index in [1.165, 1.54) is 36.4 Å². The second-order valence-corrected chi connectivity index (χ2v) is 7.15. The number of rotatable bonds is 7. The normalized spacial score (nSPS) is 11.7. The van der Waals surface area contributed by atoms with Gasteiger partial charge in [-0.2, -0.15) is 0 Å². The zero-order chi connectivity index (χ0) is 19.1. The van der Waals surface area contributed by atoms with E-state index in [-0.39, 0.29) is 16.5 Å². The fourth-order valence-corrected chi connectivity index (χ4v) is 2.97. The van der Waals surface area contributed by atoms with Crippen molar-refractivity contribution in [2.45, 2.75) is 25.7 Å². The van der Waals surface area contributed by atoms with E-state index in [0.29, 0.717) is 5.75 Å². The number of aryl methyl sites for hydroxylation is 1. The molecule has 2 aromatic carbocycles. The first-order valence-electron chi connectivity index (χ1n) is 7.94. The zero-order valence-electron chi connectivity index (χ0n) is 14.4. The number of hydrogen-bond donors (Lipinski definition) is 1. The summed E-state index contributed by atoms with van der Waals surface area (Å²) >= 11 is 7.06. The molecule has 0 saturated carbocycles. The molecule has 0 heterocycles. The molecule has 2 rings (SSSR count). The number of thioether (sulfide) groups is 1. The molecule has 0 aromatic heterocycles. The molecule has 0 unspecified atom stereocenters. The van der Waals surface area contributed by atoms with E-state index in [0.717, 1.165) is 11.6 Å². The number of hydrogen-bond acceptors (Lipinski definition) is 4. The van der Waals surface area contributed by atoms with E-state index in [1.807, 2.05) is 31.2 Å². The number of esters is 1. The minimum absolute atomic E-state index is 0.0176. The minimum Gasteiger partial charge on any atom is -0.452 e. The molecule has 1 atom stereocenters. The molecule has 138 valence electrons. The summed E-state index contributed by atoms with van der Waals surface area (Å²) in [6.45, 7) is 3.45. The van der Waals surface area contributed by atoms with Gasteiger partial charge < -0.3 is 10.1 Å². The van der Waals surface area contributed by atoms with Gasteiger partial charge in [0.1, 0.15) is 5.82 Å². The Morgan fingerprint density at radius 3 is 2.58 bits per heavy atom. The molecule has 0 bridgehead atoms. The predicted molar refractivity (Wildman–Crippen MR) is 103 cm³/mol. The van der Waals surface area contributed by atoms with Gasteiger partial charge in [-0.15, -0.1) is 11.8 Å². The quantitative estimate of drug-likeness (QED) is 0.696. The van der Waals surface area contributed by atoms with E-state index < -0.39 is 23.8 Å². The van der Waals surface area contributed by atoms with Gasteiger partial charge in [0.05, 0.1) is 11.4 Å². The van der Waals surface area contributed by atoms with Crippen molar-refractivity contribution in [1.82, 2.24) is 0 Å². The monoisotopic (exact) mass is 395 g/mol. The number of halogens is 2. The highest BCUT2D eigenvalue weighted by Gasteiger charge is 2.19. The van der Waals surface area contributed by atoms with E-state index in [2.05, 4.69) is 5.32 Å². The molecular weight excluding hydrogens is 377 g/mol. The Morgan fingerprint density at radius 1 is 1.23 bits per heavy atom. The summed E-state index contributed by atoms with van der Waals surface area (Å²) in [5.74, 6) is -0.963. The largest absolute Gasteiger partial charge is 0.452 e.